The van der Waals surface area contributed by atoms with Crippen molar-refractivity contribution >= 4 is 47.3 Å². The van der Waals surface area contributed by atoms with Crippen LogP contribution in [0.2, 0.25) is 0 Å². The molecule has 0 unspecified atom stereocenters. The van der Waals surface area contributed by atoms with E-state index < -0.39 is 0 Å². The molecule has 2 heterocycles. The summed E-state index contributed by atoms with van der Waals surface area (Å²) in [6.07, 6.45) is 6.40. The summed E-state index contributed by atoms with van der Waals surface area (Å²) in [5.41, 5.74) is 6.52. The lowest BCUT2D eigenvalue weighted by atomic mass is 9.85. The first-order valence-corrected chi connectivity index (χ1v) is 13.7. The summed E-state index contributed by atoms with van der Waals surface area (Å²) in [4.78, 5) is 37.3. The summed E-state index contributed by atoms with van der Waals surface area (Å²) in [6.45, 7) is 4.00. The first-order valence-electron chi connectivity index (χ1n) is 12.0. The second kappa shape index (κ2) is 13.3. The Kier molecular flexibility index (Phi) is 10.2. The number of H-pyrrole nitrogens is 1. The van der Waals surface area contributed by atoms with Crippen molar-refractivity contribution in [3.63, 3.8) is 0 Å². The Hall–Kier alpha value is -2.84. The number of nitrogens with two attached hydrogens (primary N) is 1. The van der Waals surface area contributed by atoms with Crippen LogP contribution in [-0.4, -0.2) is 23.1 Å². The molecular weight excluding hydrogens is 478 g/mol. The third-order valence-corrected chi connectivity index (χ3v) is 9.08. The summed E-state index contributed by atoms with van der Waals surface area (Å²) in [6, 6.07) is 18.4. The van der Waals surface area contributed by atoms with Crippen LogP contribution in [-0.2, 0) is 16.0 Å². The fraction of sp³-hybridized carbons (Fsp3) is 0.370. The van der Waals surface area contributed by atoms with Crippen LogP contribution in [0.5, 0.6) is 0 Å². The number of benzene rings is 2. The van der Waals surface area contributed by atoms with Gasteiger partial charge >= 0.3 is 4.87 Å². The van der Waals surface area contributed by atoms with Gasteiger partial charge in [0.15, 0.2) is 0 Å². The molecule has 6 rings (SSSR count). The molecule has 35 heavy (non-hydrogen) atoms. The highest BCUT2D eigenvalue weighted by Gasteiger charge is 2.50. The van der Waals surface area contributed by atoms with Crippen LogP contribution in [0, 0.1) is 17.8 Å². The molecule has 1 aliphatic heterocycles. The number of aromatic nitrogens is 1. The van der Waals surface area contributed by atoms with Gasteiger partial charge in [-0.1, -0.05) is 61.6 Å². The quantitative estimate of drug-likeness (QED) is 0.352. The molecule has 3 aromatic rings. The van der Waals surface area contributed by atoms with Crippen LogP contribution in [0.15, 0.2) is 70.5 Å². The highest BCUT2D eigenvalue weighted by molar-refractivity contribution is 8.00. The van der Waals surface area contributed by atoms with Gasteiger partial charge in [0.05, 0.1) is 10.7 Å². The number of thioether (sulfide) groups is 1. The molecular formula is C27H33N3O3S2. The van der Waals surface area contributed by atoms with Crippen molar-refractivity contribution in [3.05, 3.63) is 75.2 Å². The van der Waals surface area contributed by atoms with Crippen LogP contribution in [0.3, 0.4) is 0 Å². The number of aromatic amines is 1. The molecule has 4 atom stereocenters. The first-order chi connectivity index (χ1) is 17.1. The van der Waals surface area contributed by atoms with Crippen molar-refractivity contribution in [1.82, 2.24) is 4.98 Å². The maximum Gasteiger partial charge on any atom is 0.305 e. The number of nitrogen functional groups attached to an aromatic ring is 1. The van der Waals surface area contributed by atoms with Gasteiger partial charge in [-0.15, -0.1) is 11.8 Å². The summed E-state index contributed by atoms with van der Waals surface area (Å²) in [7, 11) is 0. The average molecular weight is 512 g/mol. The van der Waals surface area contributed by atoms with Gasteiger partial charge in [-0.3, -0.25) is 19.3 Å². The summed E-state index contributed by atoms with van der Waals surface area (Å²) in [5.74, 6) is 2.80. The SMILES string of the molecule is CC.Nc1ccc(N(C=O)C=O)cc1.O=c1[nH]c2c(s1)C[C@H]1[C@@H]3CC[C@@H](C3)[C@H]1S2.c1ccccc1. The van der Waals surface area contributed by atoms with E-state index in [0.717, 1.165) is 27.9 Å². The van der Waals surface area contributed by atoms with Crippen LogP contribution >= 0.6 is 23.1 Å². The largest absolute Gasteiger partial charge is 0.399 e. The topological polar surface area (TPSA) is 96.3 Å². The zero-order valence-electron chi connectivity index (χ0n) is 20.1. The molecule has 3 aliphatic rings. The zero-order chi connectivity index (χ0) is 25.2. The fourth-order valence-electron chi connectivity index (χ4n) is 4.93. The van der Waals surface area contributed by atoms with Crippen molar-refractivity contribution in [3.8, 4) is 0 Å². The van der Waals surface area contributed by atoms with Crippen molar-refractivity contribution in [2.75, 3.05) is 10.6 Å². The number of rotatable bonds is 3. The Bertz CT molecular complexity index is 1040. The molecule has 3 N–H and O–H groups in total. The number of imide groups is 1. The third kappa shape index (κ3) is 6.86. The molecule has 2 aromatic carbocycles. The zero-order valence-corrected chi connectivity index (χ0v) is 21.8. The molecule has 186 valence electrons. The molecule has 0 saturated heterocycles. The van der Waals surface area contributed by atoms with E-state index >= 15 is 0 Å². The number of carbonyl (C=O) groups is 2. The van der Waals surface area contributed by atoms with E-state index in [-0.39, 0.29) is 4.87 Å². The molecule has 8 heteroatoms. The number of thiazole rings is 1. The molecule has 2 saturated carbocycles. The predicted molar refractivity (Wildman–Crippen MR) is 146 cm³/mol. The summed E-state index contributed by atoms with van der Waals surface area (Å²) >= 11 is 3.40. The second-order valence-corrected chi connectivity index (χ2v) is 10.7. The van der Waals surface area contributed by atoms with E-state index in [9.17, 15) is 14.4 Å². The molecule has 2 fully saturated rings. The standard InChI is InChI=1S/C11H13NOS2.C8H8N2O2.C6H6.C2H6/c13-11-12-10-8(14-11)4-7-5-1-2-6(3-5)9(7)15-10;9-7-1-3-8(4-2-7)10(5-11)6-12;1-2-4-6-5-3-1;1-2/h5-7,9H,1-4H2,(H,12,13);1-6H,9H2;1-6H;1-2H3/t5-,6+,7+,9-;;;/m1.../s1. The minimum atomic E-state index is 0.139. The first kappa shape index (κ1) is 26.8. The molecule has 6 nitrogen and oxygen atoms in total. The molecule has 0 radical (unpaired) electrons. The fourth-order valence-corrected chi connectivity index (χ4v) is 7.63. The van der Waals surface area contributed by atoms with Crippen LogP contribution < -0.4 is 15.5 Å². The van der Waals surface area contributed by atoms with E-state index in [4.69, 9.17) is 5.73 Å². The second-order valence-electron chi connectivity index (χ2n) is 8.41. The highest BCUT2D eigenvalue weighted by Crippen LogP contribution is 2.58. The third-order valence-electron chi connectivity index (χ3n) is 6.45. The minimum absolute atomic E-state index is 0.139. The smallest absolute Gasteiger partial charge is 0.305 e. The normalized spacial score (nSPS) is 22.5. The lowest BCUT2D eigenvalue weighted by Gasteiger charge is -2.33. The van der Waals surface area contributed by atoms with Crippen molar-refractivity contribution < 1.29 is 9.59 Å². The lowest BCUT2D eigenvalue weighted by molar-refractivity contribution is -0.113. The average Bonchev–Trinajstić information content (AvgIpc) is 3.62. The van der Waals surface area contributed by atoms with Gasteiger partial charge in [0.25, 0.3) is 0 Å². The Morgan fingerprint density at radius 3 is 2.09 bits per heavy atom. The Labute approximate surface area is 214 Å². The Morgan fingerprint density at radius 1 is 0.943 bits per heavy atom. The maximum absolute atomic E-state index is 11.3. The van der Waals surface area contributed by atoms with E-state index in [1.807, 2.05) is 62.0 Å². The number of fused-ring (bicyclic) bond motifs is 6. The van der Waals surface area contributed by atoms with Crippen LogP contribution in [0.1, 0.15) is 38.0 Å². The summed E-state index contributed by atoms with van der Waals surface area (Å²) < 4.78 is 0. The minimum Gasteiger partial charge on any atom is -0.399 e. The van der Waals surface area contributed by atoms with E-state index in [1.165, 1.54) is 46.9 Å². The van der Waals surface area contributed by atoms with Gasteiger partial charge in [0.1, 0.15) is 0 Å². The lowest BCUT2D eigenvalue weighted by Crippen LogP contribution is -2.29. The molecule has 0 spiro atoms. The van der Waals surface area contributed by atoms with Crippen molar-refractivity contribution in [2.45, 2.75) is 49.8 Å². The van der Waals surface area contributed by atoms with Gasteiger partial charge in [-0.05, 0) is 67.7 Å². The highest BCUT2D eigenvalue weighted by atomic mass is 32.2. The number of hydrogen-bond acceptors (Lipinski definition) is 6. The Balaban J connectivity index is 0.000000153. The van der Waals surface area contributed by atoms with Gasteiger partial charge < -0.3 is 10.7 Å². The van der Waals surface area contributed by atoms with Crippen LogP contribution in [0.25, 0.3) is 0 Å². The van der Waals surface area contributed by atoms with Crippen molar-refractivity contribution in [1.29, 1.82) is 0 Å². The number of anilines is 2. The number of amides is 2. The number of hydrogen-bond donors (Lipinski definition) is 2. The molecule has 1 aromatic heterocycles. The number of nitrogens with zero attached hydrogens (tertiary/aromatic N) is 1. The van der Waals surface area contributed by atoms with Crippen molar-refractivity contribution in [2.24, 2.45) is 17.8 Å². The van der Waals surface area contributed by atoms with Gasteiger partial charge in [-0.2, -0.15) is 0 Å². The van der Waals surface area contributed by atoms with Crippen LogP contribution in [0.4, 0.5) is 11.4 Å². The molecule has 2 amide bonds. The Morgan fingerprint density at radius 2 is 1.51 bits per heavy atom. The number of nitrogens with one attached hydrogen (secondary N) is 1. The van der Waals surface area contributed by atoms with Gasteiger partial charge in [0, 0.05) is 15.8 Å². The maximum atomic E-state index is 11.3. The number of carbonyl (C=O) groups excluding carboxylic acids is 2. The summed E-state index contributed by atoms with van der Waals surface area (Å²) in [5, 5.41) is 2.01. The molecule has 2 aliphatic carbocycles. The van der Waals surface area contributed by atoms with E-state index in [0.29, 0.717) is 24.2 Å². The van der Waals surface area contributed by atoms with E-state index in [1.54, 1.807) is 24.3 Å². The van der Waals surface area contributed by atoms with Gasteiger partial charge in [-0.25, -0.2) is 0 Å². The molecule has 2 bridgehead atoms. The van der Waals surface area contributed by atoms with E-state index in [2.05, 4.69) is 4.98 Å². The predicted octanol–water partition coefficient (Wildman–Crippen LogP) is 5.60. The van der Waals surface area contributed by atoms with Gasteiger partial charge in [0.2, 0.25) is 12.8 Å². The monoisotopic (exact) mass is 511 g/mol.